The summed E-state index contributed by atoms with van der Waals surface area (Å²) in [5, 5.41) is 20.7. The van der Waals surface area contributed by atoms with Crippen molar-refractivity contribution >= 4 is 23.5 Å². The van der Waals surface area contributed by atoms with Gasteiger partial charge in [-0.3, -0.25) is 9.59 Å². The molecule has 0 aliphatic heterocycles. The molecular formula is C11H13ClNNaO4. The summed E-state index contributed by atoms with van der Waals surface area (Å²) in [5.74, 6) is -1.56. The minimum absolute atomic E-state index is 0. The molecule has 0 atom stereocenters. The molecule has 0 radical (unpaired) electrons. The molecule has 1 aromatic rings. The molecule has 3 N–H and O–H groups in total. The van der Waals surface area contributed by atoms with Crippen LogP contribution in [-0.4, -0.2) is 28.6 Å². The Morgan fingerprint density at radius 1 is 1.39 bits per heavy atom. The average molecular weight is 282 g/mol. The molecule has 0 saturated heterocycles. The van der Waals surface area contributed by atoms with E-state index in [4.69, 9.17) is 16.7 Å². The number of rotatable bonds is 5. The number of amides is 1. The van der Waals surface area contributed by atoms with Gasteiger partial charge in [-0.1, -0.05) is 11.6 Å². The average Bonchev–Trinajstić information content (AvgIpc) is 2.23. The maximum atomic E-state index is 11.6. The zero-order valence-electron chi connectivity index (χ0n) is 10.9. The van der Waals surface area contributed by atoms with E-state index in [0.29, 0.717) is 11.4 Å². The van der Waals surface area contributed by atoms with Gasteiger partial charge in [-0.15, -0.1) is 0 Å². The first kappa shape index (κ1) is 17.2. The number of benzene rings is 1. The van der Waals surface area contributed by atoms with Crippen LogP contribution in [0.15, 0.2) is 18.2 Å². The van der Waals surface area contributed by atoms with Crippen LogP contribution in [-0.2, 0) is 4.79 Å². The largest absolute Gasteiger partial charge is 1.00 e. The van der Waals surface area contributed by atoms with E-state index in [1.165, 1.54) is 18.2 Å². The van der Waals surface area contributed by atoms with Crippen LogP contribution in [0.5, 0.6) is 5.75 Å². The second-order valence-electron chi connectivity index (χ2n) is 3.41. The normalized spacial score (nSPS) is 9.39. The van der Waals surface area contributed by atoms with Crippen LogP contribution < -0.4 is 34.9 Å². The Morgan fingerprint density at radius 3 is 2.61 bits per heavy atom. The molecule has 7 heteroatoms. The molecule has 1 aromatic carbocycles. The van der Waals surface area contributed by atoms with Gasteiger partial charge in [0, 0.05) is 18.0 Å². The first-order chi connectivity index (χ1) is 8.00. The second-order valence-corrected chi connectivity index (χ2v) is 3.85. The summed E-state index contributed by atoms with van der Waals surface area (Å²) in [6.07, 6.45) is 0.336. The fourth-order valence-corrected chi connectivity index (χ4v) is 1.40. The summed E-state index contributed by atoms with van der Waals surface area (Å²) < 4.78 is 0. The minimum atomic E-state index is -0.909. The fourth-order valence-electron chi connectivity index (χ4n) is 1.23. The van der Waals surface area contributed by atoms with Crippen LogP contribution in [0.1, 0.15) is 24.6 Å². The zero-order chi connectivity index (χ0) is 12.8. The van der Waals surface area contributed by atoms with E-state index in [9.17, 15) is 14.7 Å². The first-order valence-corrected chi connectivity index (χ1v) is 5.37. The van der Waals surface area contributed by atoms with Gasteiger partial charge in [0.2, 0.25) is 0 Å². The number of carboxylic acid groups (broad SMARTS) is 1. The third kappa shape index (κ3) is 5.73. The number of nitrogens with one attached hydrogen (secondary N) is 1. The molecule has 0 saturated carbocycles. The Labute approximate surface area is 133 Å². The van der Waals surface area contributed by atoms with E-state index in [2.05, 4.69) is 5.32 Å². The van der Waals surface area contributed by atoms with E-state index in [-0.39, 0.29) is 55.3 Å². The fraction of sp³-hybridized carbons (Fsp3) is 0.273. The Morgan fingerprint density at radius 2 is 2.06 bits per heavy atom. The topological polar surface area (TPSA) is 86.6 Å². The van der Waals surface area contributed by atoms with Crippen molar-refractivity contribution in [3.8, 4) is 5.75 Å². The Bertz CT molecular complexity index is 445. The number of phenolic OH excluding ortho intramolecular Hbond substituents is 1. The summed E-state index contributed by atoms with van der Waals surface area (Å²) in [5.41, 5.74) is 0.115. The summed E-state index contributed by atoms with van der Waals surface area (Å²) in [6, 6.07) is 4.17. The quantitative estimate of drug-likeness (QED) is 0.465. The van der Waals surface area contributed by atoms with Crippen molar-refractivity contribution in [3.05, 3.63) is 28.8 Å². The summed E-state index contributed by atoms with van der Waals surface area (Å²) in [6.45, 7) is 0.243. The molecule has 0 fully saturated rings. The predicted molar refractivity (Wildman–Crippen MR) is 63.4 cm³/mol. The van der Waals surface area contributed by atoms with Gasteiger partial charge in [-0.25, -0.2) is 0 Å². The van der Waals surface area contributed by atoms with Crippen LogP contribution in [0.2, 0.25) is 5.02 Å². The molecule has 0 aliphatic carbocycles. The molecular weight excluding hydrogens is 269 g/mol. The summed E-state index contributed by atoms with van der Waals surface area (Å²) in [4.78, 5) is 21.8. The number of carboxylic acids is 1. The Balaban J connectivity index is 0. The molecule has 0 spiro atoms. The maximum absolute atomic E-state index is 11.6. The second kappa shape index (κ2) is 8.37. The van der Waals surface area contributed by atoms with E-state index in [1.807, 2.05) is 0 Å². The van der Waals surface area contributed by atoms with E-state index in [0.717, 1.165) is 0 Å². The molecule has 0 heterocycles. The van der Waals surface area contributed by atoms with Crippen LogP contribution in [0, 0.1) is 0 Å². The smallest absolute Gasteiger partial charge is 1.00 e. The van der Waals surface area contributed by atoms with Gasteiger partial charge in [0.25, 0.3) is 5.91 Å². The Kier molecular flexibility index (Phi) is 8.02. The standard InChI is InChI=1S/C11H12ClNO4.Na.H/c12-7-3-4-8(9(14)6-7)11(17)13-5-1-2-10(15)16;;/h3-4,6,14H,1-2,5H2,(H,13,17)(H,15,16);;/q;+1;-1. The van der Waals surface area contributed by atoms with Gasteiger partial charge in [-0.2, -0.15) is 0 Å². The third-order valence-corrected chi connectivity index (χ3v) is 2.29. The molecule has 1 rings (SSSR count). The van der Waals surface area contributed by atoms with Crippen molar-refractivity contribution in [2.45, 2.75) is 12.8 Å². The van der Waals surface area contributed by atoms with E-state index in [1.54, 1.807) is 0 Å². The van der Waals surface area contributed by atoms with Crippen molar-refractivity contribution in [1.29, 1.82) is 0 Å². The van der Waals surface area contributed by atoms with E-state index < -0.39 is 11.9 Å². The van der Waals surface area contributed by atoms with Crippen molar-refractivity contribution in [3.63, 3.8) is 0 Å². The number of aliphatic carboxylic acids is 1. The SMILES string of the molecule is O=C(O)CCCNC(=O)c1ccc(Cl)cc1O.[H-].[Na+]. The van der Waals surface area contributed by atoms with E-state index >= 15 is 0 Å². The number of carbonyl (C=O) groups is 2. The maximum Gasteiger partial charge on any atom is 1.00 e. The van der Waals surface area contributed by atoms with Gasteiger partial charge >= 0.3 is 35.5 Å². The van der Waals surface area contributed by atoms with Crippen molar-refractivity contribution in [2.75, 3.05) is 6.54 Å². The van der Waals surface area contributed by atoms with Gasteiger partial charge < -0.3 is 17.0 Å². The molecule has 18 heavy (non-hydrogen) atoms. The molecule has 1 amide bonds. The van der Waals surface area contributed by atoms with Crippen molar-refractivity contribution < 1.29 is 50.8 Å². The van der Waals surface area contributed by atoms with Crippen LogP contribution >= 0.6 is 11.6 Å². The molecule has 5 nitrogen and oxygen atoms in total. The number of aromatic hydroxyl groups is 1. The molecule has 0 unspecified atom stereocenters. The van der Waals surface area contributed by atoms with Gasteiger partial charge in [-0.05, 0) is 24.6 Å². The summed E-state index contributed by atoms with van der Waals surface area (Å²) >= 11 is 5.63. The monoisotopic (exact) mass is 281 g/mol. The number of phenols is 1. The molecule has 94 valence electrons. The van der Waals surface area contributed by atoms with Crippen molar-refractivity contribution in [1.82, 2.24) is 5.32 Å². The van der Waals surface area contributed by atoms with Crippen molar-refractivity contribution in [2.24, 2.45) is 0 Å². The van der Waals surface area contributed by atoms with Gasteiger partial charge in [0.05, 0.1) is 5.56 Å². The first-order valence-electron chi connectivity index (χ1n) is 4.99. The molecule has 0 aliphatic rings. The zero-order valence-corrected chi connectivity index (χ0v) is 12.7. The molecule has 0 aromatic heterocycles. The number of hydrogen-bond donors (Lipinski definition) is 3. The minimum Gasteiger partial charge on any atom is -1.00 e. The number of hydrogen-bond acceptors (Lipinski definition) is 3. The van der Waals surface area contributed by atoms with Crippen LogP contribution in [0.25, 0.3) is 0 Å². The molecule has 0 bridgehead atoms. The third-order valence-electron chi connectivity index (χ3n) is 2.06. The predicted octanol–water partition coefficient (Wildman–Crippen LogP) is -1.24. The van der Waals surface area contributed by atoms with Gasteiger partial charge in [0.1, 0.15) is 5.75 Å². The van der Waals surface area contributed by atoms with Gasteiger partial charge in [0.15, 0.2) is 0 Å². The Hall–Kier alpha value is -0.750. The van der Waals surface area contributed by atoms with Crippen LogP contribution in [0.4, 0.5) is 0 Å². The number of carbonyl (C=O) groups excluding carboxylic acids is 1. The number of halogens is 1. The summed E-state index contributed by atoms with van der Waals surface area (Å²) in [7, 11) is 0. The van der Waals surface area contributed by atoms with Crippen LogP contribution in [0.3, 0.4) is 0 Å².